The van der Waals surface area contributed by atoms with Crippen LogP contribution in [0.5, 0.6) is 0 Å². The van der Waals surface area contributed by atoms with Gasteiger partial charge in [-0.25, -0.2) is 4.39 Å². The van der Waals surface area contributed by atoms with E-state index in [2.05, 4.69) is 0 Å². The standard InChI is InChI=1S/C13H10F4OS/c1-12(18,13(15,16)17)9-2-3-10(11(14)6-9)8-4-5-19-7-8/h2-7,18H,1H3. The molecule has 2 rings (SSSR count). The highest BCUT2D eigenvalue weighted by molar-refractivity contribution is 7.08. The summed E-state index contributed by atoms with van der Waals surface area (Å²) in [5.74, 6) is -0.791. The van der Waals surface area contributed by atoms with Crippen LogP contribution in [0.1, 0.15) is 12.5 Å². The second kappa shape index (κ2) is 4.61. The van der Waals surface area contributed by atoms with E-state index in [1.165, 1.54) is 17.4 Å². The molecule has 19 heavy (non-hydrogen) atoms. The Hall–Kier alpha value is -1.40. The fraction of sp³-hybridized carbons (Fsp3) is 0.231. The van der Waals surface area contributed by atoms with E-state index in [1.54, 1.807) is 16.8 Å². The number of halogens is 4. The van der Waals surface area contributed by atoms with Gasteiger partial charge in [-0.1, -0.05) is 12.1 Å². The van der Waals surface area contributed by atoms with Crippen LogP contribution in [0.25, 0.3) is 11.1 Å². The molecule has 1 unspecified atom stereocenters. The molecule has 1 aromatic heterocycles. The highest BCUT2D eigenvalue weighted by atomic mass is 32.1. The van der Waals surface area contributed by atoms with E-state index in [0.29, 0.717) is 12.5 Å². The van der Waals surface area contributed by atoms with Gasteiger partial charge >= 0.3 is 6.18 Å². The quantitative estimate of drug-likeness (QED) is 0.816. The minimum atomic E-state index is -4.86. The molecule has 0 aliphatic carbocycles. The van der Waals surface area contributed by atoms with Gasteiger partial charge in [0.15, 0.2) is 5.60 Å². The molecule has 102 valence electrons. The lowest BCUT2D eigenvalue weighted by molar-refractivity contribution is -0.258. The van der Waals surface area contributed by atoms with Gasteiger partial charge in [0, 0.05) is 5.56 Å². The minimum Gasteiger partial charge on any atom is -0.376 e. The molecule has 0 amide bonds. The van der Waals surface area contributed by atoms with Crippen molar-refractivity contribution in [2.24, 2.45) is 0 Å². The highest BCUT2D eigenvalue weighted by Crippen LogP contribution is 2.39. The van der Waals surface area contributed by atoms with Gasteiger partial charge < -0.3 is 5.11 Å². The second-order valence-electron chi connectivity index (χ2n) is 4.28. The second-order valence-corrected chi connectivity index (χ2v) is 5.06. The molecule has 1 N–H and O–H groups in total. The zero-order valence-electron chi connectivity index (χ0n) is 9.83. The Bertz CT molecular complexity index is 573. The third kappa shape index (κ3) is 2.50. The third-order valence-electron chi connectivity index (χ3n) is 2.92. The van der Waals surface area contributed by atoms with Crippen LogP contribution in [0, 0.1) is 5.82 Å². The molecule has 0 aliphatic heterocycles. The van der Waals surface area contributed by atoms with E-state index < -0.39 is 23.2 Å². The highest BCUT2D eigenvalue weighted by Gasteiger charge is 2.51. The monoisotopic (exact) mass is 290 g/mol. The first-order valence-electron chi connectivity index (χ1n) is 5.35. The predicted molar refractivity (Wildman–Crippen MR) is 65.3 cm³/mol. The van der Waals surface area contributed by atoms with E-state index in [1.807, 2.05) is 0 Å². The molecule has 0 fully saturated rings. The van der Waals surface area contributed by atoms with Crippen LogP contribution in [-0.4, -0.2) is 11.3 Å². The Morgan fingerprint density at radius 2 is 1.84 bits per heavy atom. The SMILES string of the molecule is CC(O)(c1ccc(-c2ccsc2)c(F)c1)C(F)(F)F. The lowest BCUT2D eigenvalue weighted by Crippen LogP contribution is -2.39. The molecule has 0 spiro atoms. The zero-order chi connectivity index (χ0) is 14.3. The molecule has 1 aromatic carbocycles. The van der Waals surface area contributed by atoms with Gasteiger partial charge in [0.05, 0.1) is 0 Å². The fourth-order valence-electron chi connectivity index (χ4n) is 1.63. The van der Waals surface area contributed by atoms with Gasteiger partial charge in [0.1, 0.15) is 5.82 Å². The molecule has 0 bridgehead atoms. The van der Waals surface area contributed by atoms with Crippen LogP contribution < -0.4 is 0 Å². The maximum Gasteiger partial charge on any atom is 0.421 e. The van der Waals surface area contributed by atoms with Crippen LogP contribution in [0.3, 0.4) is 0 Å². The van der Waals surface area contributed by atoms with Crippen LogP contribution >= 0.6 is 11.3 Å². The van der Waals surface area contributed by atoms with Crippen molar-refractivity contribution in [3.05, 3.63) is 46.4 Å². The van der Waals surface area contributed by atoms with Crippen molar-refractivity contribution in [1.29, 1.82) is 0 Å². The van der Waals surface area contributed by atoms with Gasteiger partial charge in [-0.2, -0.15) is 24.5 Å². The normalized spacial score (nSPS) is 15.3. The molecule has 1 nitrogen and oxygen atoms in total. The van der Waals surface area contributed by atoms with Crippen molar-refractivity contribution in [2.45, 2.75) is 18.7 Å². The van der Waals surface area contributed by atoms with Crippen LogP contribution in [0.4, 0.5) is 17.6 Å². The lowest BCUT2D eigenvalue weighted by atomic mass is 9.93. The number of thiophene rings is 1. The molecular weight excluding hydrogens is 280 g/mol. The van der Waals surface area contributed by atoms with E-state index in [4.69, 9.17) is 0 Å². The molecule has 0 radical (unpaired) electrons. The van der Waals surface area contributed by atoms with Crippen LogP contribution in [0.15, 0.2) is 35.0 Å². The maximum absolute atomic E-state index is 13.9. The van der Waals surface area contributed by atoms with Crippen LogP contribution in [-0.2, 0) is 5.60 Å². The summed E-state index contributed by atoms with van der Waals surface area (Å²) in [6.07, 6.45) is -4.86. The Labute approximate surface area is 111 Å². The molecule has 1 heterocycles. The number of hydrogen-bond acceptors (Lipinski definition) is 2. The summed E-state index contributed by atoms with van der Waals surface area (Å²) in [5.41, 5.74) is -2.78. The average molecular weight is 290 g/mol. The lowest BCUT2D eigenvalue weighted by Gasteiger charge is -2.26. The molecule has 0 saturated heterocycles. The Balaban J connectivity index is 2.45. The average Bonchev–Trinajstić information content (AvgIpc) is 2.80. The number of hydrogen-bond donors (Lipinski definition) is 1. The van der Waals surface area contributed by atoms with Gasteiger partial charge in [0.25, 0.3) is 0 Å². The van der Waals surface area contributed by atoms with E-state index in [0.717, 1.165) is 12.1 Å². The first-order chi connectivity index (χ1) is 8.73. The van der Waals surface area contributed by atoms with Crippen molar-refractivity contribution in [1.82, 2.24) is 0 Å². The predicted octanol–water partition coefficient (Wildman–Crippen LogP) is 4.32. The summed E-state index contributed by atoms with van der Waals surface area (Å²) in [6, 6.07) is 4.72. The summed E-state index contributed by atoms with van der Waals surface area (Å²) in [6.45, 7) is 0.603. The summed E-state index contributed by atoms with van der Waals surface area (Å²) >= 11 is 1.36. The summed E-state index contributed by atoms with van der Waals surface area (Å²) in [5, 5.41) is 12.9. The number of rotatable bonds is 2. The van der Waals surface area contributed by atoms with Crippen molar-refractivity contribution in [2.75, 3.05) is 0 Å². The summed E-state index contributed by atoms with van der Waals surface area (Å²) in [7, 11) is 0. The molecule has 0 aliphatic rings. The smallest absolute Gasteiger partial charge is 0.376 e. The molecule has 2 aromatic rings. The van der Waals surface area contributed by atoms with Gasteiger partial charge in [-0.05, 0) is 40.9 Å². The topological polar surface area (TPSA) is 20.2 Å². The van der Waals surface area contributed by atoms with Crippen molar-refractivity contribution in [3.63, 3.8) is 0 Å². The first kappa shape index (κ1) is 14.0. The number of aliphatic hydroxyl groups is 1. The van der Waals surface area contributed by atoms with E-state index >= 15 is 0 Å². The molecule has 0 saturated carbocycles. The number of benzene rings is 1. The van der Waals surface area contributed by atoms with Gasteiger partial charge in [0.2, 0.25) is 0 Å². The molecule has 1 atom stereocenters. The van der Waals surface area contributed by atoms with Crippen molar-refractivity contribution >= 4 is 11.3 Å². The largest absolute Gasteiger partial charge is 0.421 e. The number of alkyl halides is 3. The summed E-state index contributed by atoms with van der Waals surface area (Å²) < 4.78 is 51.8. The molecular formula is C13H10F4OS. The van der Waals surface area contributed by atoms with E-state index in [9.17, 15) is 22.7 Å². The Morgan fingerprint density at radius 3 is 2.32 bits per heavy atom. The Morgan fingerprint density at radius 1 is 1.16 bits per heavy atom. The third-order valence-corrected chi connectivity index (χ3v) is 3.60. The Kier molecular flexibility index (Phi) is 3.40. The van der Waals surface area contributed by atoms with Crippen molar-refractivity contribution in [3.8, 4) is 11.1 Å². The summed E-state index contributed by atoms with van der Waals surface area (Å²) in [4.78, 5) is 0. The molecule has 6 heteroatoms. The van der Waals surface area contributed by atoms with Crippen molar-refractivity contribution < 1.29 is 22.7 Å². The van der Waals surface area contributed by atoms with Gasteiger partial charge in [-0.3, -0.25) is 0 Å². The minimum absolute atomic E-state index is 0.211. The van der Waals surface area contributed by atoms with Gasteiger partial charge in [-0.15, -0.1) is 0 Å². The fourth-order valence-corrected chi connectivity index (χ4v) is 2.29. The van der Waals surface area contributed by atoms with E-state index in [-0.39, 0.29) is 5.56 Å². The zero-order valence-corrected chi connectivity index (χ0v) is 10.6. The first-order valence-corrected chi connectivity index (χ1v) is 6.29. The maximum atomic E-state index is 13.9. The van der Waals surface area contributed by atoms with Crippen LogP contribution in [0.2, 0.25) is 0 Å².